The number of carbonyl (C=O) groups is 2. The Bertz CT molecular complexity index is 543. The van der Waals surface area contributed by atoms with E-state index in [-0.39, 0.29) is 17.9 Å². The van der Waals surface area contributed by atoms with E-state index in [1.165, 1.54) is 0 Å². The van der Waals surface area contributed by atoms with Crippen LogP contribution in [0, 0.1) is 12.8 Å². The first-order chi connectivity index (χ1) is 11.3. The summed E-state index contributed by atoms with van der Waals surface area (Å²) in [7, 11) is 0. The molecule has 1 unspecified atom stereocenters. The zero-order valence-corrected chi connectivity index (χ0v) is 15.5. The van der Waals surface area contributed by atoms with Crippen LogP contribution in [0.2, 0.25) is 0 Å². The van der Waals surface area contributed by atoms with Crippen LogP contribution in [-0.2, 0) is 4.79 Å². The van der Waals surface area contributed by atoms with Crippen molar-refractivity contribution in [3.8, 4) is 0 Å². The molecule has 2 amide bonds. The van der Waals surface area contributed by atoms with Gasteiger partial charge in [0.1, 0.15) is 6.04 Å². The number of aryl methyl sites for hydroxylation is 1. The Morgan fingerprint density at radius 2 is 1.79 bits per heavy atom. The second-order valence-corrected chi connectivity index (χ2v) is 6.67. The molecule has 5 nitrogen and oxygen atoms in total. The first-order valence-electron chi connectivity index (χ1n) is 8.72. The third kappa shape index (κ3) is 6.71. The molecule has 2 atom stereocenters. The Morgan fingerprint density at radius 1 is 1.12 bits per heavy atom. The van der Waals surface area contributed by atoms with E-state index in [4.69, 9.17) is 0 Å². The summed E-state index contributed by atoms with van der Waals surface area (Å²) in [5, 5.41) is 9.07. The van der Waals surface area contributed by atoms with Crippen molar-refractivity contribution in [3.63, 3.8) is 0 Å². The highest BCUT2D eigenvalue weighted by Gasteiger charge is 2.23. The number of benzene rings is 1. The fourth-order valence-electron chi connectivity index (χ4n) is 2.56. The number of likely N-dealkylation sites (N-methyl/N-ethyl adjacent to an activating group) is 1. The maximum atomic E-state index is 12.5. The topological polar surface area (TPSA) is 70.2 Å². The van der Waals surface area contributed by atoms with Crippen molar-refractivity contribution >= 4 is 11.8 Å². The average Bonchev–Trinajstić information content (AvgIpc) is 2.52. The number of rotatable bonds is 9. The molecule has 0 bridgehead atoms. The molecular formula is C19H31N3O2. The molecule has 0 heterocycles. The van der Waals surface area contributed by atoms with Gasteiger partial charge in [0.25, 0.3) is 5.91 Å². The predicted octanol–water partition coefficient (Wildman–Crippen LogP) is 2.25. The van der Waals surface area contributed by atoms with Crippen molar-refractivity contribution in [2.45, 2.75) is 53.1 Å². The SMILES string of the molecule is CCN[C@H](C)CNC(=O)C(CC(C)C)NC(=O)c1ccccc1C. The van der Waals surface area contributed by atoms with Crippen LogP contribution in [-0.4, -0.2) is 37.0 Å². The van der Waals surface area contributed by atoms with E-state index in [1.807, 2.05) is 52.8 Å². The molecule has 1 aromatic rings. The lowest BCUT2D eigenvalue weighted by Crippen LogP contribution is -2.50. The minimum absolute atomic E-state index is 0.129. The van der Waals surface area contributed by atoms with Crippen molar-refractivity contribution in [2.24, 2.45) is 5.92 Å². The minimum Gasteiger partial charge on any atom is -0.353 e. The lowest BCUT2D eigenvalue weighted by molar-refractivity contribution is -0.123. The Morgan fingerprint density at radius 3 is 2.38 bits per heavy atom. The van der Waals surface area contributed by atoms with Crippen molar-refractivity contribution in [3.05, 3.63) is 35.4 Å². The van der Waals surface area contributed by atoms with Gasteiger partial charge in [0, 0.05) is 18.2 Å². The molecule has 0 aromatic heterocycles. The summed E-state index contributed by atoms with van der Waals surface area (Å²) in [6.45, 7) is 11.4. The summed E-state index contributed by atoms with van der Waals surface area (Å²) in [6.07, 6.45) is 0.610. The van der Waals surface area contributed by atoms with Crippen LogP contribution in [0.5, 0.6) is 0 Å². The molecule has 0 aliphatic heterocycles. The van der Waals surface area contributed by atoms with Gasteiger partial charge in [0.2, 0.25) is 5.91 Å². The van der Waals surface area contributed by atoms with Crippen molar-refractivity contribution < 1.29 is 9.59 Å². The molecule has 1 aromatic carbocycles. The van der Waals surface area contributed by atoms with Crippen LogP contribution in [0.15, 0.2) is 24.3 Å². The number of amides is 2. The van der Waals surface area contributed by atoms with E-state index >= 15 is 0 Å². The Labute approximate surface area is 145 Å². The van der Waals surface area contributed by atoms with E-state index in [9.17, 15) is 9.59 Å². The van der Waals surface area contributed by atoms with Gasteiger partial charge >= 0.3 is 0 Å². The summed E-state index contributed by atoms with van der Waals surface area (Å²) < 4.78 is 0. The van der Waals surface area contributed by atoms with Gasteiger partial charge in [-0.3, -0.25) is 9.59 Å². The molecular weight excluding hydrogens is 302 g/mol. The molecule has 0 fully saturated rings. The Kier molecular flexibility index (Phi) is 8.47. The van der Waals surface area contributed by atoms with Crippen LogP contribution < -0.4 is 16.0 Å². The fraction of sp³-hybridized carbons (Fsp3) is 0.579. The van der Waals surface area contributed by atoms with Gasteiger partial charge in [-0.1, -0.05) is 39.0 Å². The Hall–Kier alpha value is -1.88. The smallest absolute Gasteiger partial charge is 0.252 e. The molecule has 5 heteroatoms. The predicted molar refractivity (Wildman–Crippen MR) is 98.0 cm³/mol. The van der Waals surface area contributed by atoms with Gasteiger partial charge < -0.3 is 16.0 Å². The highest BCUT2D eigenvalue weighted by molar-refractivity contribution is 5.98. The lowest BCUT2D eigenvalue weighted by Gasteiger charge is -2.22. The molecule has 0 aliphatic carbocycles. The molecule has 0 spiro atoms. The van der Waals surface area contributed by atoms with Crippen LogP contribution in [0.1, 0.15) is 50.0 Å². The second-order valence-electron chi connectivity index (χ2n) is 6.67. The van der Waals surface area contributed by atoms with Gasteiger partial charge in [-0.15, -0.1) is 0 Å². The van der Waals surface area contributed by atoms with E-state index in [0.29, 0.717) is 24.4 Å². The Balaban J connectivity index is 2.72. The van der Waals surface area contributed by atoms with E-state index < -0.39 is 6.04 Å². The molecule has 0 radical (unpaired) electrons. The first-order valence-corrected chi connectivity index (χ1v) is 8.72. The summed E-state index contributed by atoms with van der Waals surface area (Å²) in [4.78, 5) is 25.0. The lowest BCUT2D eigenvalue weighted by atomic mass is 10.0. The normalized spacial score (nSPS) is 13.4. The first kappa shape index (κ1) is 20.2. The molecule has 0 aliphatic rings. The number of hydrogen-bond donors (Lipinski definition) is 3. The van der Waals surface area contributed by atoms with Crippen LogP contribution in [0.25, 0.3) is 0 Å². The van der Waals surface area contributed by atoms with Gasteiger partial charge in [-0.05, 0) is 44.4 Å². The quantitative estimate of drug-likeness (QED) is 0.649. The van der Waals surface area contributed by atoms with Crippen LogP contribution in [0.4, 0.5) is 0 Å². The van der Waals surface area contributed by atoms with Crippen molar-refractivity contribution in [2.75, 3.05) is 13.1 Å². The van der Waals surface area contributed by atoms with Gasteiger partial charge in [0.15, 0.2) is 0 Å². The second kappa shape index (κ2) is 10.1. The standard InChI is InChI=1S/C19H31N3O2/c1-6-20-15(5)12-21-19(24)17(11-13(2)3)22-18(23)16-10-8-7-9-14(16)4/h7-10,13,15,17,20H,6,11-12H2,1-5H3,(H,21,24)(H,22,23)/t15-,17?/m1/s1. The molecule has 0 saturated heterocycles. The third-order valence-electron chi connectivity index (χ3n) is 3.85. The van der Waals surface area contributed by atoms with E-state index in [0.717, 1.165) is 12.1 Å². The van der Waals surface area contributed by atoms with Crippen LogP contribution in [0.3, 0.4) is 0 Å². The minimum atomic E-state index is -0.522. The van der Waals surface area contributed by atoms with Gasteiger partial charge in [-0.2, -0.15) is 0 Å². The molecule has 24 heavy (non-hydrogen) atoms. The third-order valence-corrected chi connectivity index (χ3v) is 3.85. The van der Waals surface area contributed by atoms with E-state index in [2.05, 4.69) is 16.0 Å². The highest BCUT2D eigenvalue weighted by Crippen LogP contribution is 2.10. The molecule has 134 valence electrons. The van der Waals surface area contributed by atoms with Crippen molar-refractivity contribution in [1.29, 1.82) is 0 Å². The highest BCUT2D eigenvalue weighted by atomic mass is 16.2. The van der Waals surface area contributed by atoms with Gasteiger partial charge in [0.05, 0.1) is 0 Å². The van der Waals surface area contributed by atoms with Gasteiger partial charge in [-0.25, -0.2) is 0 Å². The summed E-state index contributed by atoms with van der Waals surface area (Å²) >= 11 is 0. The van der Waals surface area contributed by atoms with Crippen molar-refractivity contribution in [1.82, 2.24) is 16.0 Å². The van der Waals surface area contributed by atoms with Crippen LogP contribution >= 0.6 is 0 Å². The molecule has 0 saturated carbocycles. The zero-order chi connectivity index (χ0) is 18.1. The maximum Gasteiger partial charge on any atom is 0.252 e. The summed E-state index contributed by atoms with van der Waals surface area (Å²) in [5.41, 5.74) is 1.51. The number of hydrogen-bond acceptors (Lipinski definition) is 3. The monoisotopic (exact) mass is 333 g/mol. The summed E-state index contributed by atoms with van der Waals surface area (Å²) in [5.74, 6) is -0.0203. The van der Waals surface area contributed by atoms with E-state index in [1.54, 1.807) is 6.07 Å². The summed E-state index contributed by atoms with van der Waals surface area (Å²) in [6, 6.07) is 7.08. The maximum absolute atomic E-state index is 12.5. The average molecular weight is 333 g/mol. The molecule has 1 rings (SSSR count). The number of nitrogens with one attached hydrogen (secondary N) is 3. The largest absolute Gasteiger partial charge is 0.353 e. The number of carbonyl (C=O) groups excluding carboxylic acids is 2. The molecule has 3 N–H and O–H groups in total. The zero-order valence-electron chi connectivity index (χ0n) is 15.5. The fourth-order valence-corrected chi connectivity index (χ4v) is 2.56.